The fourth-order valence-corrected chi connectivity index (χ4v) is 4.04. The van der Waals surface area contributed by atoms with Crippen LogP contribution >= 0.6 is 0 Å². The van der Waals surface area contributed by atoms with Crippen LogP contribution in [-0.4, -0.2) is 25.7 Å². The summed E-state index contributed by atoms with van der Waals surface area (Å²) in [7, 11) is 0. The van der Waals surface area contributed by atoms with Gasteiger partial charge in [0, 0.05) is 0 Å². The molecule has 1 aromatic carbocycles. The molecule has 1 nitrogen and oxygen atoms in total. The standard InChI is InChI=1S/C15H20OSe/c16-15(10-5-2-6-11-15)12-7-13-17-14-8-3-1-4-9-14/h1-5,8-9,16H,6-7,10-13H2. The first kappa shape index (κ1) is 12.9. The molecule has 1 atom stereocenters. The summed E-state index contributed by atoms with van der Waals surface area (Å²) in [5.74, 6) is 0. The zero-order valence-corrected chi connectivity index (χ0v) is 11.9. The average molecular weight is 295 g/mol. The van der Waals surface area contributed by atoms with Crippen LogP contribution in [0.15, 0.2) is 42.5 Å². The molecule has 1 unspecified atom stereocenters. The summed E-state index contributed by atoms with van der Waals surface area (Å²) in [6.07, 6.45) is 9.27. The van der Waals surface area contributed by atoms with Crippen LogP contribution in [0.1, 0.15) is 32.1 Å². The van der Waals surface area contributed by atoms with E-state index in [1.54, 1.807) is 0 Å². The van der Waals surface area contributed by atoms with Crippen LogP contribution in [0.25, 0.3) is 0 Å². The molecule has 0 aliphatic heterocycles. The molecule has 1 aromatic rings. The number of allylic oxidation sites excluding steroid dienone is 1. The maximum atomic E-state index is 10.3. The van der Waals surface area contributed by atoms with Gasteiger partial charge in [-0.05, 0) is 0 Å². The monoisotopic (exact) mass is 296 g/mol. The molecule has 2 heteroatoms. The minimum atomic E-state index is -0.401. The quantitative estimate of drug-likeness (QED) is 0.503. The Bertz CT molecular complexity index is 360. The third-order valence-electron chi connectivity index (χ3n) is 3.24. The van der Waals surface area contributed by atoms with Gasteiger partial charge in [-0.25, -0.2) is 0 Å². The summed E-state index contributed by atoms with van der Waals surface area (Å²) >= 11 is 0.572. The van der Waals surface area contributed by atoms with Crippen molar-refractivity contribution in [1.82, 2.24) is 0 Å². The molecule has 1 aliphatic carbocycles. The van der Waals surface area contributed by atoms with Crippen molar-refractivity contribution in [2.24, 2.45) is 0 Å². The van der Waals surface area contributed by atoms with Gasteiger partial charge >= 0.3 is 110 Å². The van der Waals surface area contributed by atoms with E-state index in [1.807, 2.05) is 0 Å². The summed E-state index contributed by atoms with van der Waals surface area (Å²) in [6, 6.07) is 10.7. The SMILES string of the molecule is OC1(CCC[Se]c2ccccc2)CC=CCC1. The second-order valence-electron chi connectivity index (χ2n) is 4.70. The van der Waals surface area contributed by atoms with Crippen molar-refractivity contribution in [2.45, 2.75) is 43.0 Å². The van der Waals surface area contributed by atoms with E-state index >= 15 is 0 Å². The van der Waals surface area contributed by atoms with E-state index in [0.717, 1.165) is 32.1 Å². The Kier molecular flexibility index (Phi) is 4.85. The van der Waals surface area contributed by atoms with Crippen molar-refractivity contribution in [3.8, 4) is 0 Å². The third-order valence-corrected chi connectivity index (χ3v) is 5.54. The molecule has 0 amide bonds. The molecule has 1 aliphatic rings. The molecule has 0 spiro atoms. The van der Waals surface area contributed by atoms with Crippen molar-refractivity contribution in [1.29, 1.82) is 0 Å². The zero-order chi connectivity index (χ0) is 12.0. The number of aliphatic hydroxyl groups is 1. The molecular weight excluding hydrogens is 275 g/mol. The van der Waals surface area contributed by atoms with E-state index in [4.69, 9.17) is 0 Å². The van der Waals surface area contributed by atoms with Crippen molar-refractivity contribution < 1.29 is 5.11 Å². The number of hydrogen-bond acceptors (Lipinski definition) is 1. The molecule has 0 saturated heterocycles. The van der Waals surface area contributed by atoms with Crippen LogP contribution in [0.2, 0.25) is 5.32 Å². The zero-order valence-electron chi connectivity index (χ0n) is 10.1. The fourth-order valence-electron chi connectivity index (χ4n) is 2.21. The molecule has 1 N–H and O–H groups in total. The van der Waals surface area contributed by atoms with Crippen molar-refractivity contribution in [2.75, 3.05) is 0 Å². The van der Waals surface area contributed by atoms with E-state index in [-0.39, 0.29) is 0 Å². The summed E-state index contributed by atoms with van der Waals surface area (Å²) in [5, 5.41) is 11.6. The maximum absolute atomic E-state index is 10.3. The molecular formula is C15H20OSe. The van der Waals surface area contributed by atoms with Crippen LogP contribution in [0.4, 0.5) is 0 Å². The van der Waals surface area contributed by atoms with Crippen LogP contribution in [0, 0.1) is 0 Å². The number of rotatable bonds is 5. The summed E-state index contributed by atoms with van der Waals surface area (Å²) in [6.45, 7) is 0. The predicted octanol–water partition coefficient (Wildman–Crippen LogP) is 2.69. The van der Waals surface area contributed by atoms with Crippen molar-refractivity contribution >= 4 is 19.4 Å². The van der Waals surface area contributed by atoms with Gasteiger partial charge in [0.1, 0.15) is 0 Å². The number of hydrogen-bond donors (Lipinski definition) is 1. The van der Waals surface area contributed by atoms with Gasteiger partial charge in [-0.15, -0.1) is 0 Å². The molecule has 0 bridgehead atoms. The van der Waals surface area contributed by atoms with Crippen LogP contribution in [-0.2, 0) is 0 Å². The summed E-state index contributed by atoms with van der Waals surface area (Å²) in [4.78, 5) is 0. The number of benzene rings is 1. The third kappa shape index (κ3) is 4.31. The Balaban J connectivity index is 1.68. The van der Waals surface area contributed by atoms with Gasteiger partial charge in [0.2, 0.25) is 0 Å². The van der Waals surface area contributed by atoms with Gasteiger partial charge in [-0.1, -0.05) is 0 Å². The van der Waals surface area contributed by atoms with E-state index in [1.165, 1.54) is 9.78 Å². The Morgan fingerprint density at radius 2 is 2.00 bits per heavy atom. The van der Waals surface area contributed by atoms with Crippen molar-refractivity contribution in [3.63, 3.8) is 0 Å². The first-order valence-corrected chi connectivity index (χ1v) is 8.41. The Hall–Kier alpha value is -0.561. The van der Waals surface area contributed by atoms with E-state index in [9.17, 15) is 5.11 Å². The first-order valence-electron chi connectivity index (χ1n) is 6.34. The Morgan fingerprint density at radius 3 is 2.71 bits per heavy atom. The molecule has 17 heavy (non-hydrogen) atoms. The molecule has 0 saturated carbocycles. The second kappa shape index (κ2) is 6.39. The van der Waals surface area contributed by atoms with Crippen LogP contribution in [0.5, 0.6) is 0 Å². The van der Waals surface area contributed by atoms with E-state index in [0.29, 0.717) is 15.0 Å². The van der Waals surface area contributed by atoms with Gasteiger partial charge in [0.25, 0.3) is 0 Å². The van der Waals surface area contributed by atoms with Gasteiger partial charge in [-0.2, -0.15) is 0 Å². The molecule has 92 valence electrons. The van der Waals surface area contributed by atoms with Crippen molar-refractivity contribution in [3.05, 3.63) is 42.5 Å². The van der Waals surface area contributed by atoms with Gasteiger partial charge in [-0.3, -0.25) is 0 Å². The molecule has 0 heterocycles. The Labute approximate surface area is 110 Å². The van der Waals surface area contributed by atoms with E-state index in [2.05, 4.69) is 42.5 Å². The summed E-state index contributed by atoms with van der Waals surface area (Å²) < 4.78 is 1.47. The normalized spacial score (nSPS) is 23.8. The van der Waals surface area contributed by atoms with Crippen LogP contribution < -0.4 is 4.46 Å². The average Bonchev–Trinajstić information content (AvgIpc) is 2.37. The minimum absolute atomic E-state index is 0.401. The second-order valence-corrected chi connectivity index (χ2v) is 7.15. The predicted molar refractivity (Wildman–Crippen MR) is 73.8 cm³/mol. The van der Waals surface area contributed by atoms with Crippen LogP contribution in [0.3, 0.4) is 0 Å². The molecule has 2 rings (SSSR count). The fraction of sp³-hybridized carbons (Fsp3) is 0.467. The van der Waals surface area contributed by atoms with Gasteiger partial charge in [0.15, 0.2) is 0 Å². The van der Waals surface area contributed by atoms with Gasteiger partial charge in [0.05, 0.1) is 0 Å². The summed E-state index contributed by atoms with van der Waals surface area (Å²) in [5.41, 5.74) is -0.401. The first-order chi connectivity index (χ1) is 8.29. The van der Waals surface area contributed by atoms with E-state index < -0.39 is 5.60 Å². The Morgan fingerprint density at radius 1 is 1.18 bits per heavy atom. The topological polar surface area (TPSA) is 20.2 Å². The van der Waals surface area contributed by atoms with Gasteiger partial charge < -0.3 is 0 Å². The molecule has 0 fully saturated rings. The molecule has 0 aromatic heterocycles. The molecule has 0 radical (unpaired) electrons.